The number of carbonyl (C=O) groups excluding carboxylic acids is 2. The predicted octanol–water partition coefficient (Wildman–Crippen LogP) is 5.11. The van der Waals surface area contributed by atoms with E-state index in [4.69, 9.17) is 4.74 Å². The van der Waals surface area contributed by atoms with Gasteiger partial charge in [-0.2, -0.15) is 0 Å². The molecule has 0 radical (unpaired) electrons. The minimum absolute atomic E-state index is 0.0417. The molecular formula is C30H38N2O4. The van der Waals surface area contributed by atoms with Gasteiger partial charge in [-0.1, -0.05) is 54.3 Å². The fourth-order valence-corrected chi connectivity index (χ4v) is 4.76. The first-order valence-electron chi connectivity index (χ1n) is 12.4. The number of cyclic esters (lactones) is 1. The highest BCUT2D eigenvalue weighted by Crippen LogP contribution is 2.42. The Balaban J connectivity index is 1.76. The molecule has 3 rings (SSSR count). The zero-order chi connectivity index (χ0) is 26.7. The highest BCUT2D eigenvalue weighted by Gasteiger charge is 2.46. The van der Waals surface area contributed by atoms with Gasteiger partial charge in [0.25, 0.3) is 0 Å². The molecule has 2 amide bonds. The van der Waals surface area contributed by atoms with E-state index in [0.29, 0.717) is 19.4 Å². The molecule has 2 aromatic rings. The molecule has 36 heavy (non-hydrogen) atoms. The zero-order valence-corrected chi connectivity index (χ0v) is 22.5. The molecular weight excluding hydrogens is 452 g/mol. The highest BCUT2D eigenvalue weighted by molar-refractivity contribution is 5.84. The molecule has 0 aromatic heterocycles. The van der Waals surface area contributed by atoms with Crippen LogP contribution in [0.15, 0.2) is 54.6 Å². The Kier molecular flexibility index (Phi) is 7.85. The maximum absolute atomic E-state index is 13.2. The van der Waals surface area contributed by atoms with Gasteiger partial charge in [0, 0.05) is 39.0 Å². The van der Waals surface area contributed by atoms with E-state index < -0.39 is 22.7 Å². The maximum atomic E-state index is 13.2. The Morgan fingerprint density at radius 2 is 1.72 bits per heavy atom. The summed E-state index contributed by atoms with van der Waals surface area (Å²) in [6.07, 6.45) is 0.503. The van der Waals surface area contributed by atoms with Crippen LogP contribution in [-0.2, 0) is 15.1 Å². The van der Waals surface area contributed by atoms with E-state index in [-0.39, 0.29) is 11.9 Å². The Bertz CT molecular complexity index is 1140. The molecule has 192 valence electrons. The van der Waals surface area contributed by atoms with Crippen molar-refractivity contribution in [3.8, 4) is 11.8 Å². The summed E-state index contributed by atoms with van der Waals surface area (Å²) in [6, 6.07) is 17.2. The van der Waals surface area contributed by atoms with E-state index in [2.05, 4.69) is 11.8 Å². The quantitative estimate of drug-likeness (QED) is 0.571. The predicted molar refractivity (Wildman–Crippen MR) is 141 cm³/mol. The van der Waals surface area contributed by atoms with Crippen molar-refractivity contribution in [2.24, 2.45) is 5.41 Å². The lowest BCUT2D eigenvalue weighted by molar-refractivity contribution is -0.134. The largest absolute Gasteiger partial charge is 0.438 e. The van der Waals surface area contributed by atoms with Gasteiger partial charge < -0.3 is 19.6 Å². The summed E-state index contributed by atoms with van der Waals surface area (Å²) >= 11 is 0. The third kappa shape index (κ3) is 6.27. The first-order chi connectivity index (χ1) is 16.7. The van der Waals surface area contributed by atoms with Crippen LogP contribution >= 0.6 is 0 Å². The summed E-state index contributed by atoms with van der Waals surface area (Å²) in [5.41, 5.74) is 0.0269. The molecule has 0 saturated carbocycles. The number of aliphatic hydroxyl groups is 1. The van der Waals surface area contributed by atoms with E-state index in [9.17, 15) is 14.7 Å². The van der Waals surface area contributed by atoms with Crippen LogP contribution < -0.4 is 0 Å². The molecule has 6 heteroatoms. The van der Waals surface area contributed by atoms with E-state index in [1.165, 1.54) is 0 Å². The van der Waals surface area contributed by atoms with Crippen molar-refractivity contribution in [3.05, 3.63) is 71.3 Å². The molecule has 2 aromatic carbocycles. The van der Waals surface area contributed by atoms with E-state index in [1.54, 1.807) is 37.7 Å². The average molecular weight is 491 g/mol. The summed E-state index contributed by atoms with van der Waals surface area (Å²) in [6.45, 7) is 9.59. The van der Waals surface area contributed by atoms with Crippen LogP contribution in [0.25, 0.3) is 0 Å². The molecule has 0 spiro atoms. The van der Waals surface area contributed by atoms with Gasteiger partial charge in [-0.15, -0.1) is 0 Å². The van der Waals surface area contributed by atoms with Crippen molar-refractivity contribution in [1.82, 2.24) is 9.80 Å². The Morgan fingerprint density at radius 3 is 2.25 bits per heavy atom. The number of rotatable bonds is 6. The van der Waals surface area contributed by atoms with Crippen molar-refractivity contribution >= 4 is 12.0 Å². The van der Waals surface area contributed by atoms with Crippen LogP contribution in [0.2, 0.25) is 0 Å². The van der Waals surface area contributed by atoms with Crippen LogP contribution in [0.4, 0.5) is 4.79 Å². The third-order valence-electron chi connectivity index (χ3n) is 6.61. The van der Waals surface area contributed by atoms with E-state index in [0.717, 1.165) is 16.7 Å². The molecule has 0 bridgehead atoms. The summed E-state index contributed by atoms with van der Waals surface area (Å²) in [5.74, 6) is 6.13. The third-order valence-corrected chi connectivity index (χ3v) is 6.61. The minimum atomic E-state index is -0.994. The molecule has 1 saturated heterocycles. The van der Waals surface area contributed by atoms with Crippen molar-refractivity contribution in [2.45, 2.75) is 64.7 Å². The van der Waals surface area contributed by atoms with E-state index >= 15 is 0 Å². The highest BCUT2D eigenvalue weighted by atomic mass is 16.6. The summed E-state index contributed by atoms with van der Waals surface area (Å²) < 4.78 is 6.10. The normalized spacial score (nSPS) is 19.1. The topological polar surface area (TPSA) is 70.1 Å². The van der Waals surface area contributed by atoms with Crippen molar-refractivity contribution in [2.75, 3.05) is 20.6 Å². The first kappa shape index (κ1) is 27.3. The van der Waals surface area contributed by atoms with Crippen molar-refractivity contribution in [3.63, 3.8) is 0 Å². The summed E-state index contributed by atoms with van der Waals surface area (Å²) in [5, 5.41) is 10.6. The first-order valence-corrected chi connectivity index (χ1v) is 12.4. The molecule has 1 fully saturated rings. The van der Waals surface area contributed by atoms with Gasteiger partial charge in [0.15, 0.2) is 0 Å². The van der Waals surface area contributed by atoms with Gasteiger partial charge in [-0.3, -0.25) is 4.79 Å². The lowest BCUT2D eigenvalue weighted by atomic mass is 9.80. The van der Waals surface area contributed by atoms with Crippen LogP contribution in [0, 0.1) is 17.3 Å². The zero-order valence-electron chi connectivity index (χ0n) is 22.5. The Morgan fingerprint density at radius 1 is 1.11 bits per heavy atom. The maximum Gasteiger partial charge on any atom is 0.411 e. The van der Waals surface area contributed by atoms with E-state index in [1.807, 2.05) is 75.4 Å². The molecule has 1 aliphatic heterocycles. The van der Waals surface area contributed by atoms with Gasteiger partial charge in [-0.25, -0.2) is 4.79 Å². The second-order valence-corrected chi connectivity index (χ2v) is 11.0. The van der Waals surface area contributed by atoms with Crippen LogP contribution in [-0.4, -0.2) is 53.1 Å². The average Bonchev–Trinajstić information content (AvgIpc) is 2.82. The number of carbonyl (C=O) groups is 2. The molecule has 0 aliphatic carbocycles. The fourth-order valence-electron chi connectivity index (χ4n) is 4.76. The molecule has 6 nitrogen and oxygen atoms in total. The smallest absolute Gasteiger partial charge is 0.411 e. The molecule has 1 aliphatic rings. The fraction of sp³-hybridized carbons (Fsp3) is 0.467. The van der Waals surface area contributed by atoms with Crippen LogP contribution in [0.3, 0.4) is 0 Å². The van der Waals surface area contributed by atoms with Crippen LogP contribution in [0.5, 0.6) is 0 Å². The number of amides is 2. The van der Waals surface area contributed by atoms with Gasteiger partial charge in [-0.05, 0) is 57.9 Å². The van der Waals surface area contributed by atoms with Gasteiger partial charge in [0.1, 0.15) is 11.0 Å². The number of ether oxygens (including phenoxy) is 1. The monoisotopic (exact) mass is 490 g/mol. The molecule has 1 heterocycles. The lowest BCUT2D eigenvalue weighted by Crippen LogP contribution is -2.51. The minimum Gasteiger partial charge on any atom is -0.438 e. The summed E-state index contributed by atoms with van der Waals surface area (Å²) in [4.78, 5) is 28.8. The van der Waals surface area contributed by atoms with Gasteiger partial charge in [0.05, 0.1) is 11.6 Å². The Labute approximate surface area is 215 Å². The number of hydrogen-bond donors (Lipinski definition) is 1. The van der Waals surface area contributed by atoms with Gasteiger partial charge >= 0.3 is 6.09 Å². The van der Waals surface area contributed by atoms with Crippen molar-refractivity contribution in [1.29, 1.82) is 0 Å². The SMILES string of the molecule is C[C@@H](c1ccc(C#CC(C)(C)C(=O)N(C)C)cc1)N1CCC(CC(C)(C)O)(c2ccccc2)OC1=O. The standard InChI is InChI=1S/C30H38N2O4/c1-22(24-15-13-23(14-16-24)17-18-28(2,3)26(33)31(6)7)32-20-19-30(36-27(32)34,21-29(4,5)35)25-11-9-8-10-12-25/h8-16,22,35H,19-21H2,1-7H3/t22-,30?/m0/s1. The molecule has 1 unspecified atom stereocenters. The molecule has 2 atom stereocenters. The van der Waals surface area contributed by atoms with Crippen LogP contribution in [0.1, 0.15) is 70.2 Å². The second kappa shape index (κ2) is 10.4. The second-order valence-electron chi connectivity index (χ2n) is 11.0. The van der Waals surface area contributed by atoms with Crippen molar-refractivity contribution < 1.29 is 19.4 Å². The van der Waals surface area contributed by atoms with Gasteiger partial charge in [0.2, 0.25) is 5.91 Å². The number of benzene rings is 2. The number of nitrogens with zero attached hydrogens (tertiary/aromatic N) is 2. The molecule has 1 N–H and O–H groups in total. The number of hydrogen-bond acceptors (Lipinski definition) is 4. The Hall–Kier alpha value is -3.30. The summed E-state index contributed by atoms with van der Waals surface area (Å²) in [7, 11) is 3.45. The lowest BCUT2D eigenvalue weighted by Gasteiger charge is -2.45.